The van der Waals surface area contributed by atoms with E-state index in [4.69, 9.17) is 0 Å². The summed E-state index contributed by atoms with van der Waals surface area (Å²) >= 11 is 0. The Labute approximate surface area is 116 Å². The smallest absolute Gasteiger partial charge is 0.238 e. The Bertz CT molecular complexity index is 331. The molecule has 8 heteroatoms. The van der Waals surface area contributed by atoms with E-state index in [1.165, 1.54) is 9.21 Å². The van der Waals surface area contributed by atoms with Crippen molar-refractivity contribution in [1.29, 1.82) is 0 Å². The van der Waals surface area contributed by atoms with E-state index < -0.39 is 15.8 Å². The highest BCUT2D eigenvalue weighted by Crippen LogP contribution is 2.02. The third kappa shape index (κ3) is 6.53. The van der Waals surface area contributed by atoms with E-state index >= 15 is 0 Å². The molecule has 0 aromatic heterocycles. The van der Waals surface area contributed by atoms with Crippen molar-refractivity contribution < 1.29 is 13.2 Å². The van der Waals surface area contributed by atoms with Gasteiger partial charge in [0, 0.05) is 33.2 Å². The number of hydrogen-bond donors (Lipinski definition) is 1. The maximum Gasteiger partial charge on any atom is 0.238 e. The maximum absolute atomic E-state index is 11.8. The van der Waals surface area contributed by atoms with E-state index in [0.717, 1.165) is 0 Å². The first-order valence-electron chi connectivity index (χ1n) is 5.75. The molecule has 0 aliphatic carbocycles. The predicted octanol–water partition coefficient (Wildman–Crippen LogP) is -0.242. The third-order valence-electron chi connectivity index (χ3n) is 2.53. The molecule has 0 rings (SSSR count). The second-order valence-corrected chi connectivity index (χ2v) is 5.73. The summed E-state index contributed by atoms with van der Waals surface area (Å²) in [5, 5.41) is 2.91. The zero-order valence-electron chi connectivity index (χ0n) is 11.5. The van der Waals surface area contributed by atoms with Crippen molar-refractivity contribution in [1.82, 2.24) is 14.5 Å². The summed E-state index contributed by atoms with van der Waals surface area (Å²) in [7, 11) is -0.0788. The van der Waals surface area contributed by atoms with Gasteiger partial charge < -0.3 is 10.2 Å². The molecule has 0 spiro atoms. The van der Waals surface area contributed by atoms with E-state index in [1.54, 1.807) is 27.9 Å². The number of amides is 1. The van der Waals surface area contributed by atoms with Crippen LogP contribution in [0.15, 0.2) is 0 Å². The number of carbonyl (C=O) groups is 1. The van der Waals surface area contributed by atoms with E-state index in [1.807, 2.05) is 0 Å². The number of halogens is 1. The molecule has 1 amide bonds. The third-order valence-corrected chi connectivity index (χ3v) is 4.44. The Hall–Kier alpha value is -0.370. The molecule has 0 atom stereocenters. The summed E-state index contributed by atoms with van der Waals surface area (Å²) < 4.78 is 25.0. The molecule has 0 radical (unpaired) electrons. The molecule has 0 aromatic carbocycles. The van der Waals surface area contributed by atoms with Gasteiger partial charge in [-0.3, -0.25) is 4.79 Å². The lowest BCUT2D eigenvalue weighted by molar-refractivity contribution is -0.127. The van der Waals surface area contributed by atoms with Crippen LogP contribution in [0.5, 0.6) is 0 Å². The molecule has 110 valence electrons. The molecule has 6 nitrogen and oxygen atoms in total. The molecule has 0 unspecified atom stereocenters. The van der Waals surface area contributed by atoms with Crippen LogP contribution in [0, 0.1) is 0 Å². The highest BCUT2D eigenvalue weighted by molar-refractivity contribution is 7.89. The molecule has 0 saturated heterocycles. The lowest BCUT2D eigenvalue weighted by Crippen LogP contribution is -2.41. The van der Waals surface area contributed by atoms with Crippen molar-refractivity contribution in [2.24, 2.45) is 0 Å². The fourth-order valence-corrected chi connectivity index (χ4v) is 2.88. The lowest BCUT2D eigenvalue weighted by atomic mass is 10.5. The number of hydrogen-bond acceptors (Lipinski definition) is 4. The first kappa shape index (κ1) is 20.0. The van der Waals surface area contributed by atoms with Gasteiger partial charge in [-0.05, 0) is 7.05 Å². The van der Waals surface area contributed by atoms with E-state index in [9.17, 15) is 13.2 Å². The molecule has 18 heavy (non-hydrogen) atoms. The topological polar surface area (TPSA) is 69.7 Å². The SMILES string of the molecule is CCN(CC)S(=O)(=O)CC(=O)N(C)CCNC.Cl. The van der Waals surface area contributed by atoms with Crippen LogP contribution >= 0.6 is 12.4 Å². The second-order valence-electron chi connectivity index (χ2n) is 3.76. The van der Waals surface area contributed by atoms with Crippen LogP contribution < -0.4 is 5.32 Å². The number of sulfonamides is 1. The van der Waals surface area contributed by atoms with Gasteiger partial charge in [0.1, 0.15) is 5.75 Å². The summed E-state index contributed by atoms with van der Waals surface area (Å²) in [5.74, 6) is -0.818. The Morgan fingerprint density at radius 3 is 2.11 bits per heavy atom. The van der Waals surface area contributed by atoms with Gasteiger partial charge in [0.2, 0.25) is 15.9 Å². The Morgan fingerprint density at radius 2 is 1.72 bits per heavy atom. The first-order valence-corrected chi connectivity index (χ1v) is 7.36. The quantitative estimate of drug-likeness (QED) is 0.672. The van der Waals surface area contributed by atoms with Gasteiger partial charge in [-0.25, -0.2) is 12.7 Å². The standard InChI is InChI=1S/C10H23N3O3S.ClH/c1-5-13(6-2)17(15,16)9-10(14)12(4)8-7-11-3;/h11H,5-9H2,1-4H3;1H. The van der Waals surface area contributed by atoms with Gasteiger partial charge in [0.15, 0.2) is 0 Å². The predicted molar refractivity (Wildman–Crippen MR) is 75.5 cm³/mol. The van der Waals surface area contributed by atoms with Crippen LogP contribution in [0.2, 0.25) is 0 Å². The van der Waals surface area contributed by atoms with Gasteiger partial charge in [-0.15, -0.1) is 12.4 Å². The molecular formula is C10H24ClN3O3S. The molecule has 0 heterocycles. The highest BCUT2D eigenvalue weighted by atomic mass is 35.5. The summed E-state index contributed by atoms with van der Waals surface area (Å²) in [4.78, 5) is 13.1. The van der Waals surface area contributed by atoms with Crippen LogP contribution in [0.25, 0.3) is 0 Å². The van der Waals surface area contributed by atoms with Crippen molar-refractivity contribution >= 4 is 28.3 Å². The number of likely N-dealkylation sites (N-methyl/N-ethyl adjacent to an activating group) is 2. The molecular weight excluding hydrogens is 278 g/mol. The van der Waals surface area contributed by atoms with Crippen LogP contribution in [-0.2, 0) is 14.8 Å². The van der Waals surface area contributed by atoms with Gasteiger partial charge in [0.25, 0.3) is 0 Å². The molecule has 0 fully saturated rings. The second kappa shape index (κ2) is 9.55. The molecule has 0 saturated carbocycles. The summed E-state index contributed by atoms with van der Waals surface area (Å²) in [6.45, 7) is 5.46. The van der Waals surface area contributed by atoms with Gasteiger partial charge in [0.05, 0.1) is 0 Å². The average Bonchev–Trinajstić information content (AvgIpc) is 2.26. The van der Waals surface area contributed by atoms with Gasteiger partial charge >= 0.3 is 0 Å². The van der Waals surface area contributed by atoms with Crippen LogP contribution in [-0.4, -0.2) is 69.6 Å². The number of nitrogens with one attached hydrogen (secondary N) is 1. The van der Waals surface area contributed by atoms with Crippen molar-refractivity contribution in [2.45, 2.75) is 13.8 Å². The lowest BCUT2D eigenvalue weighted by Gasteiger charge is -2.21. The highest BCUT2D eigenvalue weighted by Gasteiger charge is 2.24. The molecule has 0 aliphatic rings. The fraction of sp³-hybridized carbons (Fsp3) is 0.900. The number of nitrogens with zero attached hydrogens (tertiary/aromatic N) is 2. The Kier molecular flexibility index (Phi) is 10.6. The van der Waals surface area contributed by atoms with Gasteiger partial charge in [-0.1, -0.05) is 13.8 Å². The van der Waals surface area contributed by atoms with E-state index in [-0.39, 0.29) is 18.3 Å². The minimum absolute atomic E-state index is 0. The normalized spacial score (nSPS) is 11.2. The molecule has 0 bridgehead atoms. The monoisotopic (exact) mass is 301 g/mol. The average molecular weight is 302 g/mol. The van der Waals surface area contributed by atoms with Crippen molar-refractivity contribution in [3.63, 3.8) is 0 Å². The van der Waals surface area contributed by atoms with Gasteiger partial charge in [-0.2, -0.15) is 0 Å². The number of carbonyl (C=O) groups excluding carboxylic acids is 1. The summed E-state index contributed by atoms with van der Waals surface area (Å²) in [5.41, 5.74) is 0. The van der Waals surface area contributed by atoms with E-state index in [2.05, 4.69) is 5.32 Å². The maximum atomic E-state index is 11.8. The zero-order valence-corrected chi connectivity index (χ0v) is 13.1. The number of rotatable bonds is 8. The minimum atomic E-state index is -3.47. The van der Waals surface area contributed by atoms with Crippen LogP contribution in [0.3, 0.4) is 0 Å². The van der Waals surface area contributed by atoms with Crippen molar-refractivity contribution in [3.8, 4) is 0 Å². The zero-order chi connectivity index (χ0) is 13.5. The van der Waals surface area contributed by atoms with Crippen molar-refractivity contribution in [2.75, 3.05) is 46.0 Å². The van der Waals surface area contributed by atoms with E-state index in [0.29, 0.717) is 26.2 Å². The summed E-state index contributed by atoms with van der Waals surface area (Å²) in [6, 6.07) is 0. The molecule has 1 N–H and O–H groups in total. The Balaban J connectivity index is 0. The largest absolute Gasteiger partial charge is 0.344 e. The van der Waals surface area contributed by atoms with Crippen LogP contribution in [0.1, 0.15) is 13.8 Å². The minimum Gasteiger partial charge on any atom is -0.344 e. The van der Waals surface area contributed by atoms with Crippen molar-refractivity contribution in [3.05, 3.63) is 0 Å². The molecule has 0 aromatic rings. The fourth-order valence-electron chi connectivity index (χ4n) is 1.38. The Morgan fingerprint density at radius 1 is 1.22 bits per heavy atom. The molecule has 0 aliphatic heterocycles. The van der Waals surface area contributed by atoms with Crippen LogP contribution in [0.4, 0.5) is 0 Å². The first-order chi connectivity index (χ1) is 7.88. The summed E-state index contributed by atoms with van der Waals surface area (Å²) in [6.07, 6.45) is 0.